The molecular formula is C31H46N14O2. The number of hydrogen-bond donors (Lipinski definition) is 8. The number of nitrogens with one attached hydrogen (secondary N) is 2. The zero-order valence-corrected chi connectivity index (χ0v) is 27.2. The Kier molecular flexibility index (Phi) is 15.6. The summed E-state index contributed by atoms with van der Waals surface area (Å²) in [5.74, 6) is -0.712. The first-order chi connectivity index (χ1) is 22.3. The van der Waals surface area contributed by atoms with Crippen molar-refractivity contribution in [3.8, 4) is 0 Å². The van der Waals surface area contributed by atoms with Crippen LogP contribution in [0.15, 0.2) is 73.1 Å². The first-order valence-electron chi connectivity index (χ1n) is 15.1. The van der Waals surface area contributed by atoms with Crippen molar-refractivity contribution in [3.05, 3.63) is 64.7 Å². The second kappa shape index (κ2) is 19.6. The molecule has 16 nitrogen and oxygen atoms in total. The highest BCUT2D eigenvalue weighted by Crippen LogP contribution is 2.19. The lowest BCUT2D eigenvalue weighted by Gasteiger charge is -2.11. The Bertz CT molecular complexity index is 1490. The standard InChI is InChI=1S/C31H46N14O2/c1-19(40-43-29(32)33)22-11-13-23(14-12-22)28(47)38-15-9-7-5-4-6-8-10-27(46)39-26-17-24(20(2)41-44-30(34)35)16-25(18-26)21(3)42-45-31(36)37/h11-14,16-18H,4-10,15H2,1-3H3,(H,38,47)(H,39,46)(H4,32,33,43)(H4,34,35,44)(H4,36,37,45)/b40-19-,41-20-,42-21+. The lowest BCUT2D eigenvalue weighted by molar-refractivity contribution is -0.116. The highest BCUT2D eigenvalue weighted by atomic mass is 16.2. The van der Waals surface area contributed by atoms with Gasteiger partial charge in [0.2, 0.25) is 23.8 Å². The molecule has 2 aromatic rings. The van der Waals surface area contributed by atoms with Crippen LogP contribution in [0.4, 0.5) is 5.69 Å². The van der Waals surface area contributed by atoms with E-state index in [4.69, 9.17) is 34.4 Å². The van der Waals surface area contributed by atoms with Crippen molar-refractivity contribution in [2.45, 2.75) is 65.7 Å². The molecule has 0 atom stereocenters. The van der Waals surface area contributed by atoms with E-state index in [2.05, 4.69) is 41.2 Å². The van der Waals surface area contributed by atoms with Crippen molar-refractivity contribution in [2.75, 3.05) is 11.9 Å². The lowest BCUT2D eigenvalue weighted by atomic mass is 10.0. The third kappa shape index (κ3) is 14.7. The van der Waals surface area contributed by atoms with Crippen molar-refractivity contribution in [1.82, 2.24) is 5.32 Å². The summed E-state index contributed by atoms with van der Waals surface area (Å²) < 4.78 is 0. The van der Waals surface area contributed by atoms with Gasteiger partial charge in [-0.3, -0.25) is 9.59 Å². The fourth-order valence-corrected chi connectivity index (χ4v) is 4.20. The number of nitrogens with zero attached hydrogens (tertiary/aromatic N) is 6. The van der Waals surface area contributed by atoms with Gasteiger partial charge in [-0.05, 0) is 69.5 Å². The van der Waals surface area contributed by atoms with E-state index in [1.165, 1.54) is 0 Å². The summed E-state index contributed by atoms with van der Waals surface area (Å²) in [6.07, 6.45) is 5.87. The van der Waals surface area contributed by atoms with Gasteiger partial charge >= 0.3 is 0 Å². The number of unbranched alkanes of at least 4 members (excludes halogenated alkanes) is 5. The number of rotatable bonds is 17. The number of nitrogens with two attached hydrogens (primary N) is 6. The molecular weight excluding hydrogens is 600 g/mol. The molecule has 0 aliphatic rings. The van der Waals surface area contributed by atoms with Gasteiger partial charge in [-0.25, -0.2) is 0 Å². The Morgan fingerprint density at radius 2 is 0.979 bits per heavy atom. The minimum atomic E-state index is -0.173. The zero-order chi connectivity index (χ0) is 34.8. The Labute approximate surface area is 274 Å². The second-order valence-electron chi connectivity index (χ2n) is 10.7. The molecule has 47 heavy (non-hydrogen) atoms. The van der Waals surface area contributed by atoms with Gasteiger partial charge in [-0.1, -0.05) is 37.8 Å². The van der Waals surface area contributed by atoms with Crippen LogP contribution < -0.4 is 45.0 Å². The van der Waals surface area contributed by atoms with Gasteiger partial charge in [0.25, 0.3) is 5.91 Å². The van der Waals surface area contributed by atoms with Gasteiger partial charge in [-0.15, -0.1) is 15.3 Å². The lowest BCUT2D eigenvalue weighted by Crippen LogP contribution is -2.24. The summed E-state index contributed by atoms with van der Waals surface area (Å²) in [7, 11) is 0. The molecule has 0 spiro atoms. The molecule has 0 unspecified atom stereocenters. The highest BCUT2D eigenvalue weighted by Gasteiger charge is 2.10. The molecule has 0 radical (unpaired) electrons. The van der Waals surface area contributed by atoms with Crippen LogP contribution in [0.2, 0.25) is 0 Å². The SMILES string of the molecule is C/C(=N/N=C(N)N)c1ccc(C(=O)NCCCCCCCCC(=O)Nc2cc(/C(C)=N\N=C(N)N)cc(/C(C)=N/N=C(N)N)c2)cc1. The molecule has 0 bridgehead atoms. The molecule has 252 valence electrons. The smallest absolute Gasteiger partial charge is 0.251 e. The maximum Gasteiger partial charge on any atom is 0.251 e. The number of amides is 2. The number of anilines is 1. The third-order valence-corrected chi connectivity index (χ3v) is 6.68. The fraction of sp³-hybridized carbons (Fsp3) is 0.355. The number of carbonyl (C=O) groups excluding carboxylic acids is 2. The molecule has 2 amide bonds. The van der Waals surface area contributed by atoms with Crippen LogP contribution in [0.25, 0.3) is 0 Å². The van der Waals surface area contributed by atoms with Gasteiger partial charge in [0, 0.05) is 35.3 Å². The summed E-state index contributed by atoms with van der Waals surface area (Å²) in [5.41, 5.74) is 37.2. The highest BCUT2D eigenvalue weighted by molar-refractivity contribution is 6.06. The summed E-state index contributed by atoms with van der Waals surface area (Å²) in [4.78, 5) is 25.2. The van der Waals surface area contributed by atoms with E-state index >= 15 is 0 Å². The summed E-state index contributed by atoms with van der Waals surface area (Å²) >= 11 is 0. The molecule has 16 heteroatoms. The minimum absolute atomic E-state index is 0.113. The van der Waals surface area contributed by atoms with Gasteiger partial charge in [-0.2, -0.15) is 15.3 Å². The van der Waals surface area contributed by atoms with Crippen LogP contribution in [-0.2, 0) is 4.79 Å². The molecule has 0 aliphatic carbocycles. The zero-order valence-electron chi connectivity index (χ0n) is 27.2. The minimum Gasteiger partial charge on any atom is -0.369 e. The molecule has 0 heterocycles. The van der Waals surface area contributed by atoms with E-state index in [1.807, 2.05) is 6.07 Å². The maximum absolute atomic E-state index is 12.7. The number of hydrogen-bond acceptors (Lipinski definition) is 8. The van der Waals surface area contributed by atoms with Crippen molar-refractivity contribution in [2.24, 2.45) is 65.0 Å². The average Bonchev–Trinajstić information content (AvgIpc) is 3.03. The predicted molar refractivity (Wildman–Crippen MR) is 190 cm³/mol. The monoisotopic (exact) mass is 646 g/mol. The van der Waals surface area contributed by atoms with E-state index in [0.717, 1.165) is 44.1 Å². The van der Waals surface area contributed by atoms with Crippen LogP contribution in [0.5, 0.6) is 0 Å². The van der Waals surface area contributed by atoms with Gasteiger partial charge < -0.3 is 45.0 Å². The molecule has 0 fully saturated rings. The summed E-state index contributed by atoms with van der Waals surface area (Å²) in [6, 6.07) is 12.4. The van der Waals surface area contributed by atoms with Crippen molar-refractivity contribution < 1.29 is 9.59 Å². The second-order valence-corrected chi connectivity index (χ2v) is 10.7. The fourth-order valence-electron chi connectivity index (χ4n) is 4.20. The third-order valence-electron chi connectivity index (χ3n) is 6.68. The summed E-state index contributed by atoms with van der Waals surface area (Å²) in [5, 5.41) is 28.9. The molecule has 2 aromatic carbocycles. The van der Waals surface area contributed by atoms with Crippen molar-refractivity contribution >= 4 is 52.5 Å². The normalized spacial score (nSPS) is 11.8. The van der Waals surface area contributed by atoms with E-state index in [9.17, 15) is 9.59 Å². The van der Waals surface area contributed by atoms with Gasteiger partial charge in [0.1, 0.15) is 0 Å². The molecule has 0 aromatic heterocycles. The number of benzene rings is 2. The molecule has 0 saturated carbocycles. The largest absolute Gasteiger partial charge is 0.369 e. The van der Waals surface area contributed by atoms with Crippen LogP contribution in [-0.4, -0.2) is 53.4 Å². The molecule has 0 saturated heterocycles. The maximum atomic E-state index is 12.7. The Balaban J connectivity index is 1.77. The van der Waals surface area contributed by atoms with Crippen molar-refractivity contribution in [3.63, 3.8) is 0 Å². The predicted octanol–water partition coefficient (Wildman–Crippen LogP) is 1.78. The van der Waals surface area contributed by atoms with Crippen LogP contribution in [0.1, 0.15) is 92.8 Å². The van der Waals surface area contributed by atoms with Gasteiger partial charge in [0.05, 0.1) is 17.1 Å². The van der Waals surface area contributed by atoms with Crippen LogP contribution >= 0.6 is 0 Å². The van der Waals surface area contributed by atoms with Crippen LogP contribution in [0.3, 0.4) is 0 Å². The Hall–Kier alpha value is -5.80. The molecule has 14 N–H and O–H groups in total. The Morgan fingerprint density at radius 1 is 0.553 bits per heavy atom. The summed E-state index contributed by atoms with van der Waals surface area (Å²) in [6.45, 7) is 5.84. The van der Waals surface area contributed by atoms with E-state index in [0.29, 0.717) is 52.5 Å². The quantitative estimate of drug-likeness (QED) is 0.0541. The first-order valence-corrected chi connectivity index (χ1v) is 15.1. The van der Waals surface area contributed by atoms with E-state index in [1.54, 1.807) is 57.2 Å². The van der Waals surface area contributed by atoms with E-state index < -0.39 is 0 Å². The topological polar surface area (TPSA) is 288 Å². The van der Waals surface area contributed by atoms with Crippen LogP contribution in [0, 0.1) is 0 Å². The average molecular weight is 647 g/mol. The molecule has 0 aliphatic heterocycles. The Morgan fingerprint density at radius 3 is 1.47 bits per heavy atom. The number of carbonyl (C=O) groups is 2. The van der Waals surface area contributed by atoms with Gasteiger partial charge in [0.15, 0.2) is 0 Å². The van der Waals surface area contributed by atoms with Crippen molar-refractivity contribution in [1.29, 1.82) is 0 Å². The number of guanidine groups is 3. The first kappa shape index (κ1) is 37.4. The molecule has 2 rings (SSSR count). The van der Waals surface area contributed by atoms with E-state index in [-0.39, 0.29) is 29.7 Å².